The van der Waals surface area contributed by atoms with Crippen molar-refractivity contribution >= 4 is 11.5 Å². The summed E-state index contributed by atoms with van der Waals surface area (Å²) in [7, 11) is 1.50. The second-order valence-corrected chi connectivity index (χ2v) is 6.90. The Morgan fingerprint density at radius 3 is 2.43 bits per heavy atom. The average molecular weight is 385 g/mol. The summed E-state index contributed by atoms with van der Waals surface area (Å²) in [6.45, 7) is 7.94. The Bertz CT molecular complexity index is 634. The molecule has 1 fully saturated rings. The molecule has 1 aromatic carbocycles. The summed E-state index contributed by atoms with van der Waals surface area (Å²) < 4.78 is 0. The maximum atomic E-state index is 9.81. The van der Waals surface area contributed by atoms with E-state index in [1.54, 1.807) is 6.92 Å². The zero-order valence-electron chi connectivity index (χ0n) is 17.6. The minimum atomic E-state index is 0.255. The normalized spacial score (nSPS) is 16.1. The lowest BCUT2D eigenvalue weighted by molar-refractivity contribution is -0.116. The Morgan fingerprint density at radius 1 is 1.18 bits per heavy atom. The molecule has 2 aromatic rings. The highest BCUT2D eigenvalue weighted by Crippen LogP contribution is 2.19. The molecule has 3 rings (SSSR count). The Labute approximate surface area is 170 Å². The standard InChI is InChI=1S/C18H23N3.C4H8O.CH5N/c1-2-6-18(7-3-1)20-13-17-5-4-12-21(15-17)14-16-8-10-19-11-9-16;1-3-4(2)5;1-2/h1-3,6-11,17,20H,4-5,12-15H2;3H2,1-2H3;2H2,1H3. The van der Waals surface area contributed by atoms with E-state index < -0.39 is 0 Å². The molecule has 3 N–H and O–H groups in total. The minimum Gasteiger partial charge on any atom is -0.385 e. The Morgan fingerprint density at radius 2 is 1.82 bits per heavy atom. The number of pyridine rings is 1. The van der Waals surface area contributed by atoms with Gasteiger partial charge in [-0.15, -0.1) is 0 Å². The molecular weight excluding hydrogens is 348 g/mol. The first-order chi connectivity index (χ1) is 13.7. The number of anilines is 1. The van der Waals surface area contributed by atoms with Gasteiger partial charge in [0.15, 0.2) is 0 Å². The summed E-state index contributed by atoms with van der Waals surface area (Å²) in [4.78, 5) is 16.5. The Kier molecular flexibility index (Phi) is 12.6. The fourth-order valence-corrected chi connectivity index (χ4v) is 3.03. The van der Waals surface area contributed by atoms with Gasteiger partial charge in [-0.25, -0.2) is 0 Å². The van der Waals surface area contributed by atoms with Gasteiger partial charge in [-0.05, 0) is 69.1 Å². The highest BCUT2D eigenvalue weighted by Gasteiger charge is 2.19. The molecule has 28 heavy (non-hydrogen) atoms. The van der Waals surface area contributed by atoms with Gasteiger partial charge >= 0.3 is 0 Å². The second kappa shape index (κ2) is 14.8. The number of Topliss-reactive ketones (excluding diaryl/α,β-unsaturated/α-hetero) is 1. The van der Waals surface area contributed by atoms with E-state index in [-0.39, 0.29) is 5.78 Å². The molecule has 0 bridgehead atoms. The van der Waals surface area contributed by atoms with Crippen molar-refractivity contribution in [2.75, 3.05) is 32.0 Å². The van der Waals surface area contributed by atoms with Crippen molar-refractivity contribution in [3.63, 3.8) is 0 Å². The molecule has 0 radical (unpaired) electrons. The fraction of sp³-hybridized carbons (Fsp3) is 0.478. The fourth-order valence-electron chi connectivity index (χ4n) is 3.03. The van der Waals surface area contributed by atoms with E-state index in [1.807, 2.05) is 19.3 Å². The number of aromatic nitrogens is 1. The van der Waals surface area contributed by atoms with Crippen LogP contribution in [0.15, 0.2) is 54.9 Å². The lowest BCUT2D eigenvalue weighted by Gasteiger charge is -2.33. The van der Waals surface area contributed by atoms with Crippen molar-refractivity contribution in [2.24, 2.45) is 11.7 Å². The number of hydrogen-bond acceptors (Lipinski definition) is 5. The van der Waals surface area contributed by atoms with Gasteiger partial charge in [-0.2, -0.15) is 0 Å². The number of nitrogens with two attached hydrogens (primary N) is 1. The number of benzene rings is 1. The molecule has 0 spiro atoms. The lowest BCUT2D eigenvalue weighted by Crippen LogP contribution is -2.37. The molecule has 2 heterocycles. The summed E-state index contributed by atoms with van der Waals surface area (Å²) in [6.07, 6.45) is 7.06. The monoisotopic (exact) mass is 384 g/mol. The molecule has 1 aliphatic rings. The van der Waals surface area contributed by atoms with Crippen LogP contribution < -0.4 is 11.1 Å². The predicted molar refractivity (Wildman–Crippen MR) is 118 cm³/mol. The maximum Gasteiger partial charge on any atom is 0.129 e. The van der Waals surface area contributed by atoms with E-state index >= 15 is 0 Å². The first kappa shape index (κ1) is 23.8. The summed E-state index contributed by atoms with van der Waals surface area (Å²) >= 11 is 0. The smallest absolute Gasteiger partial charge is 0.129 e. The molecule has 1 atom stereocenters. The molecule has 1 aromatic heterocycles. The van der Waals surface area contributed by atoms with E-state index in [1.165, 1.54) is 44.2 Å². The van der Waals surface area contributed by atoms with Crippen molar-refractivity contribution in [1.82, 2.24) is 9.88 Å². The zero-order valence-corrected chi connectivity index (χ0v) is 17.6. The van der Waals surface area contributed by atoms with Crippen LogP contribution in [-0.2, 0) is 11.3 Å². The molecule has 5 nitrogen and oxygen atoms in total. The number of rotatable bonds is 6. The third-order valence-corrected chi connectivity index (χ3v) is 4.63. The van der Waals surface area contributed by atoms with Crippen molar-refractivity contribution in [3.8, 4) is 0 Å². The predicted octanol–water partition coefficient (Wildman–Crippen LogP) is 3.97. The van der Waals surface area contributed by atoms with Crippen LogP contribution in [0.25, 0.3) is 0 Å². The van der Waals surface area contributed by atoms with E-state index in [2.05, 4.69) is 63.4 Å². The summed E-state index contributed by atoms with van der Waals surface area (Å²) in [5.74, 6) is 0.991. The number of piperidine rings is 1. The Hall–Kier alpha value is -2.24. The number of carbonyl (C=O) groups excluding carboxylic acids is 1. The summed E-state index contributed by atoms with van der Waals surface area (Å²) in [6, 6.07) is 14.7. The number of nitrogens with one attached hydrogen (secondary N) is 1. The maximum absolute atomic E-state index is 9.81. The SMILES string of the molecule is CCC(C)=O.CN.c1ccc(NCC2CCCN(Cc3ccncc3)C2)cc1. The highest BCUT2D eigenvalue weighted by molar-refractivity contribution is 5.74. The van der Waals surface area contributed by atoms with Gasteiger partial charge < -0.3 is 15.8 Å². The number of ketones is 1. The van der Waals surface area contributed by atoms with E-state index in [0.717, 1.165) is 19.0 Å². The van der Waals surface area contributed by atoms with Gasteiger partial charge in [0.25, 0.3) is 0 Å². The third-order valence-electron chi connectivity index (χ3n) is 4.63. The van der Waals surface area contributed by atoms with Gasteiger partial charge in [-0.1, -0.05) is 25.1 Å². The largest absolute Gasteiger partial charge is 0.385 e. The van der Waals surface area contributed by atoms with Gasteiger partial charge in [0.05, 0.1) is 0 Å². The summed E-state index contributed by atoms with van der Waals surface area (Å²) in [5.41, 5.74) is 7.09. The van der Waals surface area contributed by atoms with Crippen LogP contribution in [-0.4, -0.2) is 42.3 Å². The molecular formula is C23H36N4O. The van der Waals surface area contributed by atoms with Crippen molar-refractivity contribution < 1.29 is 4.79 Å². The van der Waals surface area contributed by atoms with Crippen molar-refractivity contribution in [2.45, 2.75) is 39.7 Å². The minimum absolute atomic E-state index is 0.255. The Balaban J connectivity index is 0.000000490. The molecule has 1 aliphatic heterocycles. The van der Waals surface area contributed by atoms with Crippen LogP contribution >= 0.6 is 0 Å². The highest BCUT2D eigenvalue weighted by atomic mass is 16.1. The van der Waals surface area contributed by atoms with Crippen LogP contribution in [0.2, 0.25) is 0 Å². The third kappa shape index (κ3) is 10.2. The second-order valence-electron chi connectivity index (χ2n) is 6.90. The lowest BCUT2D eigenvalue weighted by atomic mass is 9.97. The molecule has 1 saturated heterocycles. The van der Waals surface area contributed by atoms with E-state index in [4.69, 9.17) is 0 Å². The van der Waals surface area contributed by atoms with E-state index in [0.29, 0.717) is 6.42 Å². The first-order valence-electron chi connectivity index (χ1n) is 10.1. The first-order valence-corrected chi connectivity index (χ1v) is 10.1. The van der Waals surface area contributed by atoms with Crippen molar-refractivity contribution in [1.29, 1.82) is 0 Å². The van der Waals surface area contributed by atoms with Crippen LogP contribution in [0.3, 0.4) is 0 Å². The van der Waals surface area contributed by atoms with Crippen LogP contribution in [0.4, 0.5) is 5.69 Å². The number of nitrogens with zero attached hydrogens (tertiary/aromatic N) is 2. The molecule has 0 amide bonds. The van der Waals surface area contributed by atoms with Gasteiger partial charge in [0.1, 0.15) is 5.78 Å². The van der Waals surface area contributed by atoms with Crippen LogP contribution in [0.5, 0.6) is 0 Å². The van der Waals surface area contributed by atoms with Crippen LogP contribution in [0, 0.1) is 5.92 Å². The van der Waals surface area contributed by atoms with Gasteiger partial charge in [0.2, 0.25) is 0 Å². The zero-order chi connectivity index (χ0) is 20.6. The number of para-hydroxylation sites is 1. The number of likely N-dealkylation sites (tertiary alicyclic amines) is 1. The van der Waals surface area contributed by atoms with Gasteiger partial charge in [0, 0.05) is 44.1 Å². The van der Waals surface area contributed by atoms with Gasteiger partial charge in [-0.3, -0.25) is 9.88 Å². The molecule has 154 valence electrons. The van der Waals surface area contributed by atoms with Crippen LogP contribution in [0.1, 0.15) is 38.7 Å². The topological polar surface area (TPSA) is 71.2 Å². The van der Waals surface area contributed by atoms with E-state index in [9.17, 15) is 4.79 Å². The molecule has 1 unspecified atom stereocenters. The molecule has 5 heteroatoms. The van der Waals surface area contributed by atoms with Crippen molar-refractivity contribution in [3.05, 3.63) is 60.4 Å². The number of hydrogen-bond donors (Lipinski definition) is 2. The quantitative estimate of drug-likeness (QED) is 0.789. The summed E-state index contributed by atoms with van der Waals surface area (Å²) in [5, 5.41) is 3.56. The molecule has 0 saturated carbocycles. The number of carbonyl (C=O) groups is 1. The molecule has 0 aliphatic carbocycles. The average Bonchev–Trinajstić information content (AvgIpc) is 2.76.